The minimum Gasteiger partial charge on any atom is -0.496 e. The molecule has 0 radical (unpaired) electrons. The molecule has 17 heavy (non-hydrogen) atoms. The van der Waals surface area contributed by atoms with Crippen molar-refractivity contribution < 1.29 is 19.4 Å². The molecule has 0 fully saturated rings. The van der Waals surface area contributed by atoms with E-state index in [-0.39, 0.29) is 12.2 Å². The van der Waals surface area contributed by atoms with Crippen LogP contribution in [0.15, 0.2) is 22.7 Å². The number of hydrogen-bond acceptors (Lipinski definition) is 3. The van der Waals surface area contributed by atoms with Crippen molar-refractivity contribution >= 4 is 27.7 Å². The van der Waals surface area contributed by atoms with Gasteiger partial charge in [-0.25, -0.2) is 0 Å². The molecule has 5 heteroatoms. The van der Waals surface area contributed by atoms with E-state index in [9.17, 15) is 9.59 Å². The molecular weight excluding hydrogens is 288 g/mol. The van der Waals surface area contributed by atoms with Gasteiger partial charge in [0.2, 0.25) is 0 Å². The maximum absolute atomic E-state index is 11.9. The molecule has 1 aromatic rings. The molecule has 4 nitrogen and oxygen atoms in total. The molecule has 1 N–H and O–H groups in total. The van der Waals surface area contributed by atoms with Gasteiger partial charge in [0.05, 0.1) is 18.0 Å². The third-order valence-corrected chi connectivity index (χ3v) is 2.98. The molecule has 1 atom stereocenters. The lowest BCUT2D eigenvalue weighted by atomic mass is 9.96. The Morgan fingerprint density at radius 2 is 2.12 bits per heavy atom. The second-order valence-corrected chi connectivity index (χ2v) is 4.57. The van der Waals surface area contributed by atoms with Crippen LogP contribution in [0.1, 0.15) is 23.7 Å². The largest absolute Gasteiger partial charge is 0.496 e. The summed E-state index contributed by atoms with van der Waals surface area (Å²) in [6, 6.07) is 4.94. The lowest BCUT2D eigenvalue weighted by Crippen LogP contribution is -2.15. The van der Waals surface area contributed by atoms with Crippen LogP contribution in [0.4, 0.5) is 0 Å². The number of benzene rings is 1. The molecule has 1 aromatic carbocycles. The predicted octanol–water partition coefficient (Wildman–Crippen LogP) is 2.75. The molecule has 1 rings (SSSR count). The van der Waals surface area contributed by atoms with Crippen molar-refractivity contribution in [2.45, 2.75) is 13.3 Å². The Morgan fingerprint density at radius 1 is 1.47 bits per heavy atom. The van der Waals surface area contributed by atoms with Gasteiger partial charge in [0.25, 0.3) is 0 Å². The van der Waals surface area contributed by atoms with E-state index in [1.807, 2.05) is 0 Å². The zero-order chi connectivity index (χ0) is 13.0. The SMILES string of the molecule is COc1ccc(C(=O)C(C)CC(=O)O)cc1Br. The number of ketones is 1. The zero-order valence-electron chi connectivity index (χ0n) is 9.57. The van der Waals surface area contributed by atoms with E-state index in [0.29, 0.717) is 15.8 Å². The Labute approximate surface area is 108 Å². The highest BCUT2D eigenvalue weighted by Crippen LogP contribution is 2.26. The molecule has 0 amide bonds. The molecule has 0 spiro atoms. The zero-order valence-corrected chi connectivity index (χ0v) is 11.2. The van der Waals surface area contributed by atoms with Gasteiger partial charge in [-0.05, 0) is 34.1 Å². The summed E-state index contributed by atoms with van der Waals surface area (Å²) in [4.78, 5) is 22.4. The number of halogens is 1. The Balaban J connectivity index is 2.89. The molecule has 0 heterocycles. The van der Waals surface area contributed by atoms with Crippen molar-refractivity contribution in [3.8, 4) is 5.75 Å². The minimum atomic E-state index is -0.974. The number of Topliss-reactive ketones (excluding diaryl/α,β-unsaturated/α-hetero) is 1. The van der Waals surface area contributed by atoms with E-state index in [2.05, 4.69) is 15.9 Å². The summed E-state index contributed by atoms with van der Waals surface area (Å²) >= 11 is 3.28. The van der Waals surface area contributed by atoms with E-state index in [1.165, 1.54) is 7.11 Å². The number of ether oxygens (including phenoxy) is 1. The molecule has 0 saturated heterocycles. The van der Waals surface area contributed by atoms with E-state index in [4.69, 9.17) is 9.84 Å². The molecule has 1 unspecified atom stereocenters. The minimum absolute atomic E-state index is 0.164. The van der Waals surface area contributed by atoms with Gasteiger partial charge in [-0.1, -0.05) is 6.92 Å². The fourth-order valence-electron chi connectivity index (χ4n) is 1.46. The average Bonchev–Trinajstić information content (AvgIpc) is 2.27. The number of carbonyl (C=O) groups excluding carboxylic acids is 1. The summed E-state index contributed by atoms with van der Waals surface area (Å²) in [5, 5.41) is 8.63. The van der Waals surface area contributed by atoms with E-state index >= 15 is 0 Å². The maximum atomic E-state index is 11.9. The summed E-state index contributed by atoms with van der Waals surface area (Å²) in [5.41, 5.74) is 0.478. The highest BCUT2D eigenvalue weighted by Gasteiger charge is 2.18. The average molecular weight is 301 g/mol. The van der Waals surface area contributed by atoms with Crippen LogP contribution in [0.2, 0.25) is 0 Å². The maximum Gasteiger partial charge on any atom is 0.304 e. The molecule has 0 aliphatic carbocycles. The molecule has 92 valence electrons. The second-order valence-electron chi connectivity index (χ2n) is 3.71. The van der Waals surface area contributed by atoms with Crippen LogP contribution >= 0.6 is 15.9 Å². The number of carbonyl (C=O) groups is 2. The molecule has 0 bridgehead atoms. The lowest BCUT2D eigenvalue weighted by molar-refractivity contribution is -0.137. The smallest absolute Gasteiger partial charge is 0.304 e. The standard InChI is InChI=1S/C12H13BrO4/c1-7(5-11(14)15)12(16)8-3-4-10(17-2)9(13)6-8/h3-4,6-7H,5H2,1-2H3,(H,14,15). The topological polar surface area (TPSA) is 63.6 Å². The third kappa shape index (κ3) is 3.56. The summed E-state index contributed by atoms with van der Waals surface area (Å²) in [7, 11) is 1.54. The predicted molar refractivity (Wildman–Crippen MR) is 66.4 cm³/mol. The summed E-state index contributed by atoms with van der Waals surface area (Å²) < 4.78 is 5.73. The van der Waals surface area contributed by atoms with Crippen molar-refractivity contribution in [3.05, 3.63) is 28.2 Å². The van der Waals surface area contributed by atoms with Crippen LogP contribution in [0.5, 0.6) is 5.75 Å². The Morgan fingerprint density at radius 3 is 2.59 bits per heavy atom. The van der Waals surface area contributed by atoms with Gasteiger partial charge in [-0.3, -0.25) is 9.59 Å². The summed E-state index contributed by atoms with van der Waals surface area (Å²) in [5.74, 6) is -1.06. The van der Waals surface area contributed by atoms with Crippen molar-refractivity contribution in [1.29, 1.82) is 0 Å². The highest BCUT2D eigenvalue weighted by atomic mass is 79.9. The van der Waals surface area contributed by atoms with E-state index < -0.39 is 11.9 Å². The van der Waals surface area contributed by atoms with Crippen LogP contribution in [-0.2, 0) is 4.79 Å². The van der Waals surface area contributed by atoms with Crippen LogP contribution in [0, 0.1) is 5.92 Å². The van der Waals surface area contributed by atoms with Gasteiger partial charge in [0, 0.05) is 11.5 Å². The quantitative estimate of drug-likeness (QED) is 0.849. The third-order valence-electron chi connectivity index (χ3n) is 2.36. The highest BCUT2D eigenvalue weighted by molar-refractivity contribution is 9.10. The number of rotatable bonds is 5. The Hall–Kier alpha value is -1.36. The van der Waals surface area contributed by atoms with Crippen LogP contribution < -0.4 is 4.74 Å². The van der Waals surface area contributed by atoms with Crippen molar-refractivity contribution in [1.82, 2.24) is 0 Å². The van der Waals surface area contributed by atoms with Crippen molar-refractivity contribution in [3.63, 3.8) is 0 Å². The summed E-state index contributed by atoms with van der Waals surface area (Å²) in [6.07, 6.45) is -0.164. The summed E-state index contributed by atoms with van der Waals surface area (Å²) in [6.45, 7) is 1.61. The normalized spacial score (nSPS) is 11.9. The van der Waals surface area contributed by atoms with Crippen molar-refractivity contribution in [2.75, 3.05) is 7.11 Å². The fraction of sp³-hybridized carbons (Fsp3) is 0.333. The van der Waals surface area contributed by atoms with Gasteiger partial charge in [-0.15, -0.1) is 0 Å². The fourth-order valence-corrected chi connectivity index (χ4v) is 2.00. The first-order valence-corrected chi connectivity index (χ1v) is 5.84. The van der Waals surface area contributed by atoms with Crippen LogP contribution in [-0.4, -0.2) is 24.0 Å². The van der Waals surface area contributed by atoms with Gasteiger partial charge >= 0.3 is 5.97 Å². The number of aliphatic carboxylic acids is 1. The molecule has 0 aliphatic heterocycles. The molecular formula is C12H13BrO4. The number of methoxy groups -OCH3 is 1. The number of carboxylic acid groups (broad SMARTS) is 1. The Bertz CT molecular complexity index is 442. The lowest BCUT2D eigenvalue weighted by Gasteiger charge is -2.09. The van der Waals surface area contributed by atoms with Gasteiger partial charge in [-0.2, -0.15) is 0 Å². The first-order valence-electron chi connectivity index (χ1n) is 5.05. The number of carboxylic acids is 1. The Kier molecular flexibility index (Phi) is 4.69. The first-order chi connectivity index (χ1) is 7.95. The van der Waals surface area contributed by atoms with Gasteiger partial charge in [0.15, 0.2) is 5.78 Å². The van der Waals surface area contributed by atoms with Gasteiger partial charge in [0.1, 0.15) is 5.75 Å². The molecule has 0 saturated carbocycles. The van der Waals surface area contributed by atoms with E-state index in [1.54, 1.807) is 25.1 Å². The first kappa shape index (κ1) is 13.7. The second kappa shape index (κ2) is 5.82. The molecule has 0 aromatic heterocycles. The number of hydrogen-bond donors (Lipinski definition) is 1. The van der Waals surface area contributed by atoms with E-state index in [0.717, 1.165) is 0 Å². The van der Waals surface area contributed by atoms with Crippen LogP contribution in [0.25, 0.3) is 0 Å². The molecule has 0 aliphatic rings. The van der Waals surface area contributed by atoms with Crippen molar-refractivity contribution in [2.24, 2.45) is 5.92 Å². The van der Waals surface area contributed by atoms with Crippen LogP contribution in [0.3, 0.4) is 0 Å². The van der Waals surface area contributed by atoms with Gasteiger partial charge < -0.3 is 9.84 Å². The monoisotopic (exact) mass is 300 g/mol.